The molecule has 3 heterocycles. The van der Waals surface area contributed by atoms with Crippen LogP contribution < -0.4 is 0 Å². The Hall–Kier alpha value is -2.53. The fraction of sp³-hybridized carbons (Fsp3) is 0.316. The lowest BCUT2D eigenvalue weighted by Crippen LogP contribution is -2.56. The van der Waals surface area contributed by atoms with Crippen molar-refractivity contribution in [2.24, 2.45) is 0 Å². The summed E-state index contributed by atoms with van der Waals surface area (Å²) in [6, 6.07) is 13.4. The largest absolute Gasteiger partial charge is 0.465 e. The van der Waals surface area contributed by atoms with Crippen molar-refractivity contribution in [1.82, 2.24) is 4.90 Å². The van der Waals surface area contributed by atoms with Crippen molar-refractivity contribution in [3.05, 3.63) is 66.1 Å². The van der Waals surface area contributed by atoms with Gasteiger partial charge in [0.15, 0.2) is 0 Å². The van der Waals surface area contributed by atoms with E-state index < -0.39 is 0 Å². The molecule has 24 heavy (non-hydrogen) atoms. The first-order valence-corrected chi connectivity index (χ1v) is 8.12. The highest BCUT2D eigenvalue weighted by Crippen LogP contribution is 2.33. The Labute approximate surface area is 140 Å². The summed E-state index contributed by atoms with van der Waals surface area (Å²) in [6.45, 7) is 1.29. The van der Waals surface area contributed by atoms with Crippen LogP contribution in [0.25, 0.3) is 5.57 Å². The number of furan rings is 1. The van der Waals surface area contributed by atoms with E-state index in [2.05, 4.69) is 6.08 Å². The molecule has 0 N–H and O–H groups in total. The van der Waals surface area contributed by atoms with Crippen molar-refractivity contribution in [3.8, 4) is 0 Å². The van der Waals surface area contributed by atoms with Gasteiger partial charge in [-0.15, -0.1) is 0 Å². The smallest absolute Gasteiger partial charge is 0.411 e. The second-order valence-electron chi connectivity index (χ2n) is 6.08. The number of amides is 1. The number of ether oxygens (including phenoxy) is 2. The van der Waals surface area contributed by atoms with E-state index in [1.165, 1.54) is 0 Å². The Morgan fingerprint density at radius 3 is 2.79 bits per heavy atom. The first kappa shape index (κ1) is 15.0. The van der Waals surface area contributed by atoms with Gasteiger partial charge in [-0.2, -0.15) is 0 Å². The normalized spacial score (nSPS) is 22.8. The fourth-order valence-corrected chi connectivity index (χ4v) is 3.32. The Kier molecular flexibility index (Phi) is 4.09. The van der Waals surface area contributed by atoms with E-state index in [0.29, 0.717) is 19.6 Å². The highest BCUT2D eigenvalue weighted by molar-refractivity contribution is 5.73. The van der Waals surface area contributed by atoms with Crippen molar-refractivity contribution in [3.63, 3.8) is 0 Å². The Bertz CT molecular complexity index is 723. The molecule has 2 atom stereocenters. The third kappa shape index (κ3) is 2.95. The maximum absolute atomic E-state index is 12.6. The second kappa shape index (κ2) is 6.53. The van der Waals surface area contributed by atoms with Gasteiger partial charge in [0.1, 0.15) is 12.4 Å². The third-order valence-corrected chi connectivity index (χ3v) is 4.45. The topological polar surface area (TPSA) is 51.9 Å². The van der Waals surface area contributed by atoms with E-state index in [9.17, 15) is 4.79 Å². The van der Waals surface area contributed by atoms with Gasteiger partial charge >= 0.3 is 6.09 Å². The van der Waals surface area contributed by atoms with Crippen LogP contribution >= 0.6 is 0 Å². The number of carbonyl (C=O) groups is 1. The number of rotatable bonds is 3. The van der Waals surface area contributed by atoms with Gasteiger partial charge in [0.2, 0.25) is 0 Å². The zero-order valence-corrected chi connectivity index (χ0v) is 13.3. The third-order valence-electron chi connectivity index (χ3n) is 4.45. The summed E-state index contributed by atoms with van der Waals surface area (Å²) in [5, 5.41) is 0. The maximum atomic E-state index is 12.6. The summed E-state index contributed by atoms with van der Waals surface area (Å²) >= 11 is 0. The molecule has 0 spiro atoms. The van der Waals surface area contributed by atoms with Crippen LogP contribution in [0.1, 0.15) is 17.7 Å². The van der Waals surface area contributed by atoms with Crippen molar-refractivity contribution in [2.75, 3.05) is 13.2 Å². The Morgan fingerprint density at radius 2 is 2.04 bits per heavy atom. The van der Waals surface area contributed by atoms with E-state index in [0.717, 1.165) is 16.9 Å². The minimum Gasteiger partial charge on any atom is -0.465 e. The lowest BCUT2D eigenvalue weighted by Gasteiger charge is -2.43. The molecule has 1 aromatic carbocycles. The van der Waals surface area contributed by atoms with Crippen LogP contribution in [0.5, 0.6) is 0 Å². The van der Waals surface area contributed by atoms with Crippen LogP contribution in [-0.2, 0) is 16.1 Å². The molecule has 1 amide bonds. The lowest BCUT2D eigenvalue weighted by atomic mass is 9.93. The van der Waals surface area contributed by atoms with Gasteiger partial charge in [-0.1, -0.05) is 36.4 Å². The molecule has 0 radical (unpaired) electrons. The van der Waals surface area contributed by atoms with Crippen LogP contribution in [0.15, 0.2) is 59.2 Å². The molecule has 5 heteroatoms. The van der Waals surface area contributed by atoms with Crippen LogP contribution in [-0.4, -0.2) is 36.3 Å². The van der Waals surface area contributed by atoms with Gasteiger partial charge in [0.05, 0.1) is 31.6 Å². The molecule has 0 aliphatic carbocycles. The van der Waals surface area contributed by atoms with Gasteiger partial charge in [0.25, 0.3) is 0 Å². The molecule has 1 aromatic heterocycles. The number of carbonyl (C=O) groups excluding carboxylic acids is 1. The van der Waals surface area contributed by atoms with Crippen molar-refractivity contribution >= 4 is 11.7 Å². The van der Waals surface area contributed by atoms with Gasteiger partial charge < -0.3 is 13.9 Å². The number of morpholine rings is 1. The van der Waals surface area contributed by atoms with Crippen molar-refractivity contribution in [2.45, 2.75) is 25.1 Å². The van der Waals surface area contributed by atoms with E-state index in [-0.39, 0.29) is 24.8 Å². The number of hydrogen-bond donors (Lipinski definition) is 0. The summed E-state index contributed by atoms with van der Waals surface area (Å²) in [6.07, 6.45) is 4.15. The monoisotopic (exact) mass is 325 g/mol. The molecule has 2 bridgehead atoms. The van der Waals surface area contributed by atoms with Crippen LogP contribution in [0.2, 0.25) is 0 Å². The fourth-order valence-electron chi connectivity index (χ4n) is 3.32. The molecule has 4 rings (SSSR count). The van der Waals surface area contributed by atoms with Gasteiger partial charge in [0, 0.05) is 0 Å². The number of fused-ring (bicyclic) bond motifs is 2. The average Bonchev–Trinajstić information content (AvgIpc) is 3.14. The zero-order chi connectivity index (χ0) is 16.4. The molecule has 2 unspecified atom stereocenters. The lowest BCUT2D eigenvalue weighted by molar-refractivity contribution is -0.0343. The Morgan fingerprint density at radius 1 is 1.17 bits per heavy atom. The summed E-state index contributed by atoms with van der Waals surface area (Å²) < 4.78 is 16.6. The first-order chi connectivity index (χ1) is 11.8. The molecule has 1 saturated heterocycles. The SMILES string of the molecule is O=C(OCc1ccccc1)N1C2C=C(c3ccco3)CC1COC2. The van der Waals surface area contributed by atoms with E-state index in [4.69, 9.17) is 13.9 Å². The van der Waals surface area contributed by atoms with E-state index >= 15 is 0 Å². The molecule has 124 valence electrons. The summed E-state index contributed by atoms with van der Waals surface area (Å²) in [5.74, 6) is 0.865. The number of hydrogen-bond acceptors (Lipinski definition) is 4. The van der Waals surface area contributed by atoms with Crippen molar-refractivity contribution in [1.29, 1.82) is 0 Å². The standard InChI is InChI=1S/C19H19NO4/c21-19(24-11-14-5-2-1-3-6-14)20-16-9-15(18-7-4-8-23-18)10-17(20)13-22-12-16/h1-9,16-17H,10-13H2. The van der Waals surface area contributed by atoms with Crippen molar-refractivity contribution < 1.29 is 18.7 Å². The molecule has 2 aliphatic rings. The molecule has 2 aliphatic heterocycles. The highest BCUT2D eigenvalue weighted by Gasteiger charge is 2.39. The van der Waals surface area contributed by atoms with Gasteiger partial charge in [-0.05, 0) is 29.7 Å². The maximum Gasteiger partial charge on any atom is 0.411 e. The highest BCUT2D eigenvalue weighted by atomic mass is 16.6. The molecule has 1 fully saturated rings. The van der Waals surface area contributed by atoms with Crippen LogP contribution in [0.3, 0.4) is 0 Å². The molecular weight excluding hydrogens is 306 g/mol. The predicted molar refractivity (Wildman–Crippen MR) is 88.2 cm³/mol. The van der Waals surface area contributed by atoms with E-state index in [1.54, 1.807) is 11.2 Å². The van der Waals surface area contributed by atoms with Gasteiger partial charge in [-0.3, -0.25) is 4.90 Å². The first-order valence-electron chi connectivity index (χ1n) is 8.12. The Balaban J connectivity index is 1.48. The van der Waals surface area contributed by atoms with E-state index in [1.807, 2.05) is 42.5 Å². The summed E-state index contributed by atoms with van der Waals surface area (Å²) in [7, 11) is 0. The number of benzene rings is 1. The summed E-state index contributed by atoms with van der Waals surface area (Å²) in [4.78, 5) is 14.4. The summed E-state index contributed by atoms with van der Waals surface area (Å²) in [5.41, 5.74) is 2.11. The minimum atomic E-state index is -0.285. The molecule has 2 aromatic rings. The molecule has 0 saturated carbocycles. The van der Waals surface area contributed by atoms with Crippen LogP contribution in [0.4, 0.5) is 4.79 Å². The molecular formula is C19H19NO4. The average molecular weight is 325 g/mol. The van der Waals surface area contributed by atoms with Gasteiger partial charge in [-0.25, -0.2) is 4.79 Å². The quantitative estimate of drug-likeness (QED) is 0.867. The number of nitrogens with zero attached hydrogens (tertiary/aromatic N) is 1. The van der Waals surface area contributed by atoms with Crippen LogP contribution in [0, 0.1) is 0 Å². The predicted octanol–water partition coefficient (Wildman–Crippen LogP) is 3.47. The zero-order valence-electron chi connectivity index (χ0n) is 13.3. The molecule has 5 nitrogen and oxygen atoms in total. The second-order valence-corrected chi connectivity index (χ2v) is 6.08. The minimum absolute atomic E-state index is 0.0166.